The summed E-state index contributed by atoms with van der Waals surface area (Å²) in [4.78, 5) is 9.87. The summed E-state index contributed by atoms with van der Waals surface area (Å²) >= 11 is 0. The van der Waals surface area contributed by atoms with Gasteiger partial charge in [0.15, 0.2) is 5.96 Å². The van der Waals surface area contributed by atoms with Gasteiger partial charge in [0.05, 0.1) is 6.54 Å². The Hall–Kier alpha value is -0.810. The Morgan fingerprint density at radius 2 is 1.77 bits per heavy atom. The number of nitrogens with zero attached hydrogens (tertiary/aromatic N) is 3. The highest BCUT2D eigenvalue weighted by Gasteiger charge is 2.24. The molecule has 2 N–H and O–H groups in total. The molecule has 5 nitrogen and oxygen atoms in total. The zero-order valence-electron chi connectivity index (χ0n) is 15.4. The molecular formula is C17H37N5. The van der Waals surface area contributed by atoms with Gasteiger partial charge < -0.3 is 15.5 Å². The summed E-state index contributed by atoms with van der Waals surface area (Å²) in [5.74, 6) is 1.60. The standard InChI is InChI=1S/C17H37N5/c1-6-8-9-19-17(18-7-2)20-14-16(15(3)4)22-12-10-21(5)11-13-22/h15-16H,6-14H2,1-5H3,(H2,18,19,20). The highest BCUT2D eigenvalue weighted by molar-refractivity contribution is 5.79. The van der Waals surface area contributed by atoms with Crippen LogP contribution in [-0.4, -0.2) is 74.7 Å². The first-order valence-electron chi connectivity index (χ1n) is 9.03. The summed E-state index contributed by atoms with van der Waals surface area (Å²) in [5.41, 5.74) is 0. The zero-order valence-corrected chi connectivity index (χ0v) is 15.4. The molecular weight excluding hydrogens is 274 g/mol. The van der Waals surface area contributed by atoms with Gasteiger partial charge in [-0.25, -0.2) is 0 Å². The van der Waals surface area contributed by atoms with E-state index in [2.05, 4.69) is 55.2 Å². The first kappa shape index (κ1) is 19.2. The van der Waals surface area contributed by atoms with Crippen LogP contribution < -0.4 is 10.6 Å². The maximum absolute atomic E-state index is 4.84. The van der Waals surface area contributed by atoms with Crippen molar-refractivity contribution in [2.75, 3.05) is 52.9 Å². The SMILES string of the molecule is CCCCNC(=NCC(C(C)C)N1CCN(C)CC1)NCC. The Bertz CT molecular complexity index is 308. The van der Waals surface area contributed by atoms with Crippen LogP contribution in [0.25, 0.3) is 0 Å². The normalized spacial score (nSPS) is 19.5. The fourth-order valence-electron chi connectivity index (χ4n) is 2.81. The minimum atomic E-state index is 0.537. The predicted octanol–water partition coefficient (Wildman–Crippen LogP) is 1.61. The average molecular weight is 312 g/mol. The largest absolute Gasteiger partial charge is 0.357 e. The molecule has 0 amide bonds. The molecule has 1 unspecified atom stereocenters. The molecule has 1 atom stereocenters. The second-order valence-electron chi connectivity index (χ2n) is 6.65. The van der Waals surface area contributed by atoms with Gasteiger partial charge in [0.25, 0.3) is 0 Å². The van der Waals surface area contributed by atoms with E-state index in [1.54, 1.807) is 0 Å². The number of hydrogen-bond acceptors (Lipinski definition) is 3. The van der Waals surface area contributed by atoms with Gasteiger partial charge in [-0.2, -0.15) is 0 Å². The van der Waals surface area contributed by atoms with Crippen molar-refractivity contribution in [2.45, 2.75) is 46.6 Å². The van der Waals surface area contributed by atoms with Crippen LogP contribution in [0.3, 0.4) is 0 Å². The quantitative estimate of drug-likeness (QED) is 0.406. The van der Waals surface area contributed by atoms with E-state index in [-0.39, 0.29) is 0 Å². The van der Waals surface area contributed by atoms with E-state index in [0.29, 0.717) is 12.0 Å². The Morgan fingerprint density at radius 3 is 2.32 bits per heavy atom. The summed E-state index contributed by atoms with van der Waals surface area (Å²) in [6, 6.07) is 0.537. The van der Waals surface area contributed by atoms with Crippen molar-refractivity contribution in [3.8, 4) is 0 Å². The second-order valence-corrected chi connectivity index (χ2v) is 6.65. The van der Waals surface area contributed by atoms with Gasteiger partial charge in [-0.15, -0.1) is 0 Å². The molecule has 1 saturated heterocycles. The van der Waals surface area contributed by atoms with Gasteiger partial charge in [-0.05, 0) is 26.3 Å². The number of nitrogens with one attached hydrogen (secondary N) is 2. The monoisotopic (exact) mass is 311 g/mol. The maximum atomic E-state index is 4.84. The van der Waals surface area contributed by atoms with Gasteiger partial charge in [0.2, 0.25) is 0 Å². The predicted molar refractivity (Wildman–Crippen MR) is 96.6 cm³/mol. The zero-order chi connectivity index (χ0) is 16.4. The number of rotatable bonds is 8. The fraction of sp³-hybridized carbons (Fsp3) is 0.941. The van der Waals surface area contributed by atoms with Crippen LogP contribution in [0.2, 0.25) is 0 Å². The number of aliphatic imine (C=N–C) groups is 1. The lowest BCUT2D eigenvalue weighted by molar-refractivity contribution is 0.0925. The summed E-state index contributed by atoms with van der Waals surface area (Å²) in [5, 5.41) is 6.80. The van der Waals surface area contributed by atoms with Crippen molar-refractivity contribution in [1.82, 2.24) is 20.4 Å². The van der Waals surface area contributed by atoms with Crippen LogP contribution in [0.4, 0.5) is 0 Å². The Kier molecular flexibility index (Phi) is 9.48. The molecule has 22 heavy (non-hydrogen) atoms. The molecule has 0 radical (unpaired) electrons. The van der Waals surface area contributed by atoms with Gasteiger partial charge in [0, 0.05) is 45.3 Å². The second kappa shape index (κ2) is 10.8. The number of hydrogen-bond donors (Lipinski definition) is 2. The van der Waals surface area contributed by atoms with E-state index in [0.717, 1.165) is 38.7 Å². The summed E-state index contributed by atoms with van der Waals surface area (Å²) in [7, 11) is 2.21. The molecule has 0 bridgehead atoms. The van der Waals surface area contributed by atoms with Crippen LogP contribution in [-0.2, 0) is 0 Å². The van der Waals surface area contributed by atoms with E-state index in [1.807, 2.05) is 0 Å². The van der Waals surface area contributed by atoms with E-state index >= 15 is 0 Å². The van der Waals surface area contributed by atoms with Crippen LogP contribution in [0.1, 0.15) is 40.5 Å². The summed E-state index contributed by atoms with van der Waals surface area (Å²) < 4.78 is 0. The number of guanidine groups is 1. The molecule has 1 rings (SSSR count). The molecule has 0 saturated carbocycles. The molecule has 0 aromatic carbocycles. The minimum absolute atomic E-state index is 0.537. The van der Waals surface area contributed by atoms with Crippen molar-refractivity contribution in [3.05, 3.63) is 0 Å². The lowest BCUT2D eigenvalue weighted by Crippen LogP contribution is -2.52. The third kappa shape index (κ3) is 6.97. The van der Waals surface area contributed by atoms with Crippen molar-refractivity contribution >= 4 is 5.96 Å². The fourth-order valence-corrected chi connectivity index (χ4v) is 2.81. The van der Waals surface area contributed by atoms with Crippen molar-refractivity contribution in [3.63, 3.8) is 0 Å². The van der Waals surface area contributed by atoms with Crippen molar-refractivity contribution < 1.29 is 0 Å². The lowest BCUT2D eigenvalue weighted by atomic mass is 10.0. The molecule has 0 aromatic rings. The van der Waals surface area contributed by atoms with E-state index in [1.165, 1.54) is 25.9 Å². The van der Waals surface area contributed by atoms with E-state index < -0.39 is 0 Å². The summed E-state index contributed by atoms with van der Waals surface area (Å²) in [6.07, 6.45) is 2.40. The highest BCUT2D eigenvalue weighted by Crippen LogP contribution is 2.13. The lowest BCUT2D eigenvalue weighted by Gasteiger charge is -2.39. The molecule has 1 heterocycles. The van der Waals surface area contributed by atoms with E-state index in [9.17, 15) is 0 Å². The highest BCUT2D eigenvalue weighted by atomic mass is 15.3. The first-order valence-corrected chi connectivity index (χ1v) is 9.03. The molecule has 0 aromatic heterocycles. The number of piperazine rings is 1. The Balaban J connectivity index is 2.57. The smallest absolute Gasteiger partial charge is 0.191 e. The third-order valence-electron chi connectivity index (χ3n) is 4.38. The van der Waals surface area contributed by atoms with Crippen LogP contribution in [0, 0.1) is 5.92 Å². The Morgan fingerprint density at radius 1 is 1.09 bits per heavy atom. The number of likely N-dealkylation sites (N-methyl/N-ethyl adjacent to an activating group) is 1. The molecule has 0 spiro atoms. The Labute approximate surface area is 137 Å². The molecule has 1 fully saturated rings. The van der Waals surface area contributed by atoms with E-state index in [4.69, 9.17) is 4.99 Å². The van der Waals surface area contributed by atoms with Gasteiger partial charge in [0.1, 0.15) is 0 Å². The van der Waals surface area contributed by atoms with Gasteiger partial charge >= 0.3 is 0 Å². The first-order chi connectivity index (χ1) is 10.6. The molecule has 1 aliphatic heterocycles. The summed E-state index contributed by atoms with van der Waals surface area (Å²) in [6.45, 7) is 16.4. The van der Waals surface area contributed by atoms with Crippen LogP contribution >= 0.6 is 0 Å². The number of unbranched alkanes of at least 4 members (excludes halogenated alkanes) is 1. The topological polar surface area (TPSA) is 42.9 Å². The van der Waals surface area contributed by atoms with Crippen molar-refractivity contribution in [1.29, 1.82) is 0 Å². The van der Waals surface area contributed by atoms with Crippen LogP contribution in [0.5, 0.6) is 0 Å². The van der Waals surface area contributed by atoms with Crippen molar-refractivity contribution in [2.24, 2.45) is 10.9 Å². The van der Waals surface area contributed by atoms with Gasteiger partial charge in [-0.1, -0.05) is 27.2 Å². The molecule has 5 heteroatoms. The molecule has 0 aliphatic carbocycles. The molecule has 1 aliphatic rings. The third-order valence-corrected chi connectivity index (χ3v) is 4.38. The maximum Gasteiger partial charge on any atom is 0.191 e. The minimum Gasteiger partial charge on any atom is -0.357 e. The van der Waals surface area contributed by atoms with Crippen LogP contribution in [0.15, 0.2) is 4.99 Å². The average Bonchev–Trinajstić information content (AvgIpc) is 2.49. The molecule has 130 valence electrons. The van der Waals surface area contributed by atoms with Gasteiger partial charge in [-0.3, -0.25) is 9.89 Å².